The maximum Gasteiger partial charge on any atom is 0.288 e. The Kier molecular flexibility index (Phi) is 5.24. The number of benzene rings is 2. The van der Waals surface area contributed by atoms with Crippen LogP contribution < -0.4 is 29.8 Å². The molecule has 1 aliphatic heterocycles. The molecule has 1 atom stereocenters. The number of aromatic nitrogens is 6. The van der Waals surface area contributed by atoms with Gasteiger partial charge in [0.25, 0.3) is 5.56 Å². The van der Waals surface area contributed by atoms with Crippen LogP contribution in [0.5, 0.6) is 23.0 Å². The third-order valence-electron chi connectivity index (χ3n) is 5.66. The highest BCUT2D eigenvalue weighted by atomic mass is 16.5. The lowest BCUT2D eigenvalue weighted by Crippen LogP contribution is -2.29. The van der Waals surface area contributed by atoms with E-state index in [1.807, 2.05) is 12.1 Å². The van der Waals surface area contributed by atoms with Gasteiger partial charge >= 0.3 is 0 Å². The molecule has 174 valence electrons. The zero-order valence-electron chi connectivity index (χ0n) is 18.8. The van der Waals surface area contributed by atoms with E-state index in [2.05, 4.69) is 31.0 Å². The second-order valence-corrected chi connectivity index (χ2v) is 7.34. The second-order valence-electron chi connectivity index (χ2n) is 7.34. The molecule has 12 nitrogen and oxygen atoms in total. The molecule has 0 saturated heterocycles. The van der Waals surface area contributed by atoms with Crippen LogP contribution in [0.2, 0.25) is 0 Å². The number of hydrogen-bond acceptors (Lipinski definition) is 10. The molecular formula is C22H21N7O5. The van der Waals surface area contributed by atoms with Gasteiger partial charge in [0.15, 0.2) is 11.5 Å². The van der Waals surface area contributed by atoms with Crippen LogP contribution in [0.3, 0.4) is 0 Å². The number of rotatable bonds is 6. The SMILES string of the molecule is COc1ccc(OC)c([C@@H]2c3c(-c4ccc(OC)c(OC)c4)n[nH]c(=O)c3Nc3nnnn32)c1. The lowest BCUT2D eigenvalue weighted by molar-refractivity contribution is 0.355. The molecule has 0 bridgehead atoms. The molecule has 1 aliphatic rings. The third-order valence-corrected chi connectivity index (χ3v) is 5.66. The maximum atomic E-state index is 12.9. The summed E-state index contributed by atoms with van der Waals surface area (Å²) in [6, 6.07) is 10.1. The molecule has 0 saturated carbocycles. The van der Waals surface area contributed by atoms with E-state index in [-0.39, 0.29) is 5.69 Å². The predicted octanol–water partition coefficient (Wildman–Crippen LogP) is 2.15. The Morgan fingerprint density at radius 1 is 0.912 bits per heavy atom. The summed E-state index contributed by atoms with van der Waals surface area (Å²) in [6.45, 7) is 0. The highest BCUT2D eigenvalue weighted by Crippen LogP contribution is 2.45. The van der Waals surface area contributed by atoms with Gasteiger partial charge in [0.1, 0.15) is 23.2 Å². The van der Waals surface area contributed by atoms with Crippen molar-refractivity contribution >= 4 is 11.6 Å². The van der Waals surface area contributed by atoms with E-state index >= 15 is 0 Å². The summed E-state index contributed by atoms with van der Waals surface area (Å²) in [5.41, 5.74) is 2.29. The quantitative estimate of drug-likeness (QED) is 0.385. The molecule has 5 rings (SSSR count). The minimum absolute atomic E-state index is 0.275. The van der Waals surface area contributed by atoms with Gasteiger partial charge in [-0.15, -0.1) is 0 Å². The van der Waals surface area contributed by atoms with Crippen molar-refractivity contribution in [2.45, 2.75) is 6.04 Å². The van der Waals surface area contributed by atoms with Gasteiger partial charge < -0.3 is 24.3 Å². The van der Waals surface area contributed by atoms with Gasteiger partial charge in [-0.2, -0.15) is 9.78 Å². The van der Waals surface area contributed by atoms with Crippen LogP contribution in [0.15, 0.2) is 41.2 Å². The van der Waals surface area contributed by atoms with Crippen LogP contribution in [0.1, 0.15) is 17.2 Å². The Hall–Kier alpha value is -4.61. The van der Waals surface area contributed by atoms with E-state index in [4.69, 9.17) is 18.9 Å². The molecule has 0 fully saturated rings. The molecule has 0 spiro atoms. The summed E-state index contributed by atoms with van der Waals surface area (Å²) >= 11 is 0. The standard InChI is InChI=1S/C22H21N7O5/c1-31-12-6-8-14(32-2)13(10-12)20-17-18(11-5-7-15(33-3)16(9-11)34-4)24-25-21(30)19(17)23-22-26-27-28-29(20)22/h5-10,20H,1-4H3,(H,25,30)(H,23,26,28)/t20-/m1/s1. The van der Waals surface area contributed by atoms with Crippen LogP contribution in [0.25, 0.3) is 11.3 Å². The second kappa shape index (κ2) is 8.39. The number of aromatic amines is 1. The average molecular weight is 463 g/mol. The molecule has 3 heterocycles. The van der Waals surface area contributed by atoms with Crippen molar-refractivity contribution in [3.63, 3.8) is 0 Å². The Morgan fingerprint density at radius 2 is 1.68 bits per heavy atom. The molecule has 2 aromatic heterocycles. The molecule has 2 N–H and O–H groups in total. The van der Waals surface area contributed by atoms with E-state index in [0.717, 1.165) is 0 Å². The first-order chi connectivity index (χ1) is 16.6. The van der Waals surface area contributed by atoms with E-state index in [1.165, 1.54) is 0 Å². The number of methoxy groups -OCH3 is 4. The van der Waals surface area contributed by atoms with Crippen LogP contribution in [-0.4, -0.2) is 58.8 Å². The number of tetrazole rings is 1. The summed E-state index contributed by atoms with van der Waals surface area (Å²) in [5, 5.41) is 22.0. The number of fused-ring (bicyclic) bond motifs is 2. The van der Waals surface area contributed by atoms with Crippen molar-refractivity contribution < 1.29 is 18.9 Å². The van der Waals surface area contributed by atoms with Crippen molar-refractivity contribution in [2.75, 3.05) is 33.8 Å². The first-order valence-electron chi connectivity index (χ1n) is 10.2. The summed E-state index contributed by atoms with van der Waals surface area (Å²) in [4.78, 5) is 12.9. The lowest BCUT2D eigenvalue weighted by atomic mass is 9.91. The summed E-state index contributed by atoms with van der Waals surface area (Å²) in [5.74, 6) is 2.56. The molecule has 2 aromatic carbocycles. The third kappa shape index (κ3) is 3.27. The van der Waals surface area contributed by atoms with Gasteiger partial charge in [0.2, 0.25) is 5.95 Å². The van der Waals surface area contributed by atoms with Gasteiger partial charge in [0, 0.05) is 16.7 Å². The van der Waals surface area contributed by atoms with E-state index in [1.54, 1.807) is 57.4 Å². The van der Waals surface area contributed by atoms with Crippen LogP contribution in [0, 0.1) is 0 Å². The van der Waals surface area contributed by atoms with Crippen molar-refractivity contribution in [3.8, 4) is 34.3 Å². The highest BCUT2D eigenvalue weighted by Gasteiger charge is 2.36. The van der Waals surface area contributed by atoms with E-state index in [9.17, 15) is 4.79 Å². The Balaban J connectivity index is 1.82. The largest absolute Gasteiger partial charge is 0.497 e. The Bertz CT molecular complexity index is 1430. The fourth-order valence-electron chi connectivity index (χ4n) is 4.08. The molecule has 4 aromatic rings. The minimum atomic E-state index is -0.649. The lowest BCUT2D eigenvalue weighted by Gasteiger charge is -2.29. The van der Waals surface area contributed by atoms with Crippen molar-refractivity contribution in [1.29, 1.82) is 0 Å². The van der Waals surface area contributed by atoms with Crippen molar-refractivity contribution in [2.24, 2.45) is 0 Å². The molecule has 0 amide bonds. The molecule has 12 heteroatoms. The van der Waals surface area contributed by atoms with E-state index < -0.39 is 11.6 Å². The maximum absolute atomic E-state index is 12.9. The molecular weight excluding hydrogens is 442 g/mol. The van der Waals surface area contributed by atoms with Gasteiger partial charge in [-0.3, -0.25) is 4.79 Å². The smallest absolute Gasteiger partial charge is 0.288 e. The number of hydrogen-bond donors (Lipinski definition) is 2. The van der Waals surface area contributed by atoms with Gasteiger partial charge in [0.05, 0.1) is 34.1 Å². The number of H-pyrrole nitrogens is 1. The fraction of sp³-hybridized carbons (Fsp3) is 0.227. The molecule has 0 aliphatic carbocycles. The monoisotopic (exact) mass is 463 g/mol. The van der Waals surface area contributed by atoms with Crippen LogP contribution >= 0.6 is 0 Å². The zero-order valence-corrected chi connectivity index (χ0v) is 18.8. The van der Waals surface area contributed by atoms with E-state index in [0.29, 0.717) is 51.3 Å². The first kappa shape index (κ1) is 21.2. The zero-order chi connectivity index (χ0) is 23.8. The Morgan fingerprint density at radius 3 is 2.41 bits per heavy atom. The van der Waals surface area contributed by atoms with Gasteiger partial charge in [-0.25, -0.2) is 5.10 Å². The topological polar surface area (TPSA) is 138 Å². The average Bonchev–Trinajstić information content (AvgIpc) is 3.35. The molecule has 0 unspecified atom stereocenters. The van der Waals surface area contributed by atoms with Gasteiger partial charge in [-0.1, -0.05) is 5.10 Å². The molecule has 34 heavy (non-hydrogen) atoms. The number of anilines is 2. The minimum Gasteiger partial charge on any atom is -0.497 e. The predicted molar refractivity (Wildman–Crippen MR) is 121 cm³/mol. The van der Waals surface area contributed by atoms with Crippen molar-refractivity contribution in [1.82, 2.24) is 30.4 Å². The first-order valence-corrected chi connectivity index (χ1v) is 10.2. The number of nitrogens with zero attached hydrogens (tertiary/aromatic N) is 5. The van der Waals surface area contributed by atoms with Crippen molar-refractivity contribution in [3.05, 3.63) is 57.9 Å². The summed E-state index contributed by atoms with van der Waals surface area (Å²) < 4.78 is 23.5. The summed E-state index contributed by atoms with van der Waals surface area (Å²) in [6.07, 6.45) is 0. The summed E-state index contributed by atoms with van der Waals surface area (Å²) in [7, 11) is 6.26. The van der Waals surface area contributed by atoms with Gasteiger partial charge in [-0.05, 0) is 46.8 Å². The fourth-order valence-corrected chi connectivity index (χ4v) is 4.08. The number of nitrogens with one attached hydrogen (secondary N) is 2. The van der Waals surface area contributed by atoms with Crippen LogP contribution in [-0.2, 0) is 0 Å². The molecule has 0 radical (unpaired) electrons. The number of ether oxygens (including phenoxy) is 4. The normalized spacial score (nSPS) is 13.9. The Labute approximate surface area is 193 Å². The highest BCUT2D eigenvalue weighted by molar-refractivity contribution is 5.77. The van der Waals surface area contributed by atoms with Crippen LogP contribution in [0.4, 0.5) is 11.6 Å².